The molecule has 2 rings (SSSR count). The van der Waals surface area contributed by atoms with Crippen LogP contribution in [-0.4, -0.2) is 6.61 Å². The summed E-state index contributed by atoms with van der Waals surface area (Å²) in [5.41, 5.74) is 10.0. The van der Waals surface area contributed by atoms with Crippen LogP contribution in [0.15, 0.2) is 42.5 Å². The zero-order valence-corrected chi connectivity index (χ0v) is 11.4. The average molecular weight is 256 g/mol. The van der Waals surface area contributed by atoms with E-state index in [4.69, 9.17) is 10.5 Å². The van der Waals surface area contributed by atoms with Crippen molar-refractivity contribution in [2.45, 2.75) is 20.4 Å². The van der Waals surface area contributed by atoms with Crippen LogP contribution < -0.4 is 15.8 Å². The van der Waals surface area contributed by atoms with Crippen molar-refractivity contribution >= 4 is 11.4 Å². The van der Waals surface area contributed by atoms with Gasteiger partial charge in [-0.2, -0.15) is 0 Å². The van der Waals surface area contributed by atoms with Gasteiger partial charge in [0.25, 0.3) is 0 Å². The van der Waals surface area contributed by atoms with E-state index in [0.29, 0.717) is 13.2 Å². The molecule has 0 amide bonds. The van der Waals surface area contributed by atoms with Crippen LogP contribution in [0.25, 0.3) is 0 Å². The Balaban J connectivity index is 2.13. The van der Waals surface area contributed by atoms with Crippen molar-refractivity contribution in [3.8, 4) is 5.75 Å². The molecule has 0 heterocycles. The highest BCUT2D eigenvalue weighted by Crippen LogP contribution is 2.26. The third-order valence-corrected chi connectivity index (χ3v) is 2.96. The number of anilines is 2. The summed E-state index contributed by atoms with van der Waals surface area (Å²) in [4.78, 5) is 0. The quantitative estimate of drug-likeness (QED) is 0.804. The molecule has 0 spiro atoms. The van der Waals surface area contributed by atoms with Crippen molar-refractivity contribution in [1.82, 2.24) is 0 Å². The first-order chi connectivity index (χ1) is 9.20. The molecule has 3 heteroatoms. The summed E-state index contributed by atoms with van der Waals surface area (Å²) in [5.74, 6) is 0.886. The molecular weight excluding hydrogens is 236 g/mol. The van der Waals surface area contributed by atoms with Crippen LogP contribution >= 0.6 is 0 Å². The number of nitrogens with two attached hydrogens (primary N) is 1. The number of aryl methyl sites for hydroxylation is 1. The number of benzene rings is 2. The number of nitrogen functional groups attached to an aromatic ring is 1. The summed E-state index contributed by atoms with van der Waals surface area (Å²) in [6.45, 7) is 5.39. The first-order valence-corrected chi connectivity index (χ1v) is 6.51. The third-order valence-electron chi connectivity index (χ3n) is 2.96. The highest BCUT2D eigenvalue weighted by atomic mass is 16.5. The Labute approximate surface area is 114 Å². The Morgan fingerprint density at radius 2 is 1.95 bits per heavy atom. The van der Waals surface area contributed by atoms with E-state index in [2.05, 4.69) is 18.3 Å². The van der Waals surface area contributed by atoms with Crippen LogP contribution in [-0.2, 0) is 6.54 Å². The van der Waals surface area contributed by atoms with Gasteiger partial charge in [0.05, 0.1) is 12.3 Å². The normalized spacial score (nSPS) is 10.2. The predicted molar refractivity (Wildman–Crippen MR) is 80.5 cm³/mol. The van der Waals surface area contributed by atoms with Crippen molar-refractivity contribution in [3.63, 3.8) is 0 Å². The first-order valence-electron chi connectivity index (χ1n) is 6.51. The maximum atomic E-state index is 5.93. The van der Waals surface area contributed by atoms with Crippen molar-refractivity contribution in [2.75, 3.05) is 17.7 Å². The van der Waals surface area contributed by atoms with Gasteiger partial charge in [-0.1, -0.05) is 24.3 Å². The van der Waals surface area contributed by atoms with E-state index in [-0.39, 0.29) is 0 Å². The molecule has 0 fully saturated rings. The van der Waals surface area contributed by atoms with Gasteiger partial charge in [-0.25, -0.2) is 0 Å². The van der Waals surface area contributed by atoms with E-state index in [0.717, 1.165) is 22.7 Å². The molecule has 2 aromatic carbocycles. The van der Waals surface area contributed by atoms with Crippen molar-refractivity contribution in [3.05, 3.63) is 53.6 Å². The van der Waals surface area contributed by atoms with Gasteiger partial charge < -0.3 is 15.8 Å². The van der Waals surface area contributed by atoms with Crippen LogP contribution in [0.4, 0.5) is 11.4 Å². The Kier molecular flexibility index (Phi) is 4.29. The molecule has 0 aliphatic rings. The maximum Gasteiger partial charge on any atom is 0.142 e. The summed E-state index contributed by atoms with van der Waals surface area (Å²) in [6, 6.07) is 14.0. The van der Waals surface area contributed by atoms with E-state index in [1.807, 2.05) is 43.3 Å². The largest absolute Gasteiger partial charge is 0.492 e. The fourth-order valence-electron chi connectivity index (χ4n) is 1.94. The third kappa shape index (κ3) is 3.41. The van der Waals surface area contributed by atoms with Gasteiger partial charge in [-0.15, -0.1) is 0 Å². The van der Waals surface area contributed by atoms with E-state index >= 15 is 0 Å². The highest BCUT2D eigenvalue weighted by Gasteiger charge is 2.04. The van der Waals surface area contributed by atoms with Crippen LogP contribution in [0.2, 0.25) is 0 Å². The summed E-state index contributed by atoms with van der Waals surface area (Å²) < 4.78 is 5.64. The van der Waals surface area contributed by atoms with Crippen molar-refractivity contribution < 1.29 is 4.74 Å². The molecule has 0 unspecified atom stereocenters. The van der Waals surface area contributed by atoms with Gasteiger partial charge in [0, 0.05) is 12.2 Å². The lowest BCUT2D eigenvalue weighted by atomic mass is 10.1. The van der Waals surface area contributed by atoms with E-state index in [9.17, 15) is 0 Å². The van der Waals surface area contributed by atoms with Crippen molar-refractivity contribution in [2.24, 2.45) is 0 Å². The minimum atomic E-state index is 0.658. The van der Waals surface area contributed by atoms with Gasteiger partial charge in [0.15, 0.2) is 0 Å². The van der Waals surface area contributed by atoms with Gasteiger partial charge in [-0.05, 0) is 43.2 Å². The molecule has 3 nitrogen and oxygen atoms in total. The topological polar surface area (TPSA) is 47.3 Å². The molecule has 0 bridgehead atoms. The first kappa shape index (κ1) is 13.3. The number of rotatable bonds is 5. The standard InChI is InChI=1S/C16H20N2O/c1-3-19-16-10-12(2)8-9-15(16)18-11-13-6-4-5-7-14(13)17/h4-10,18H,3,11,17H2,1-2H3. The lowest BCUT2D eigenvalue weighted by molar-refractivity contribution is 0.341. The monoisotopic (exact) mass is 256 g/mol. The average Bonchev–Trinajstić information content (AvgIpc) is 2.40. The molecule has 100 valence electrons. The zero-order chi connectivity index (χ0) is 13.7. The molecule has 3 N–H and O–H groups in total. The summed E-state index contributed by atoms with van der Waals surface area (Å²) in [5, 5.41) is 3.38. The molecule has 19 heavy (non-hydrogen) atoms. The molecule has 2 aromatic rings. The van der Waals surface area contributed by atoms with Gasteiger partial charge in [-0.3, -0.25) is 0 Å². The minimum Gasteiger partial charge on any atom is -0.492 e. The molecule has 0 saturated carbocycles. The highest BCUT2D eigenvalue weighted by molar-refractivity contribution is 5.59. The Bertz CT molecular complexity index is 552. The number of nitrogens with one attached hydrogen (secondary N) is 1. The summed E-state index contributed by atoms with van der Waals surface area (Å²) in [6.07, 6.45) is 0. The van der Waals surface area contributed by atoms with Gasteiger partial charge >= 0.3 is 0 Å². The molecular formula is C16H20N2O. The number of hydrogen-bond acceptors (Lipinski definition) is 3. The Morgan fingerprint density at radius 1 is 1.16 bits per heavy atom. The van der Waals surface area contributed by atoms with Crippen LogP contribution in [0.1, 0.15) is 18.1 Å². The molecule has 0 saturated heterocycles. The number of hydrogen-bond donors (Lipinski definition) is 2. The second-order valence-corrected chi connectivity index (χ2v) is 4.48. The smallest absolute Gasteiger partial charge is 0.142 e. The molecule has 0 aliphatic carbocycles. The number of para-hydroxylation sites is 1. The second kappa shape index (κ2) is 6.14. The van der Waals surface area contributed by atoms with Crippen LogP contribution in [0, 0.1) is 6.92 Å². The van der Waals surface area contributed by atoms with Gasteiger partial charge in [0.1, 0.15) is 5.75 Å². The fourth-order valence-corrected chi connectivity index (χ4v) is 1.94. The predicted octanol–water partition coefficient (Wildman–Crippen LogP) is 3.59. The SMILES string of the molecule is CCOc1cc(C)ccc1NCc1ccccc1N. The lowest BCUT2D eigenvalue weighted by Crippen LogP contribution is -2.05. The van der Waals surface area contributed by atoms with E-state index < -0.39 is 0 Å². The Morgan fingerprint density at radius 3 is 2.68 bits per heavy atom. The fraction of sp³-hybridized carbons (Fsp3) is 0.250. The molecule has 0 aromatic heterocycles. The van der Waals surface area contributed by atoms with Crippen molar-refractivity contribution in [1.29, 1.82) is 0 Å². The Hall–Kier alpha value is -2.16. The van der Waals surface area contributed by atoms with Gasteiger partial charge in [0.2, 0.25) is 0 Å². The molecule has 0 radical (unpaired) electrons. The zero-order valence-electron chi connectivity index (χ0n) is 11.4. The summed E-state index contributed by atoms with van der Waals surface area (Å²) >= 11 is 0. The maximum absolute atomic E-state index is 5.93. The lowest BCUT2D eigenvalue weighted by Gasteiger charge is -2.14. The second-order valence-electron chi connectivity index (χ2n) is 4.48. The molecule has 0 aliphatic heterocycles. The van der Waals surface area contributed by atoms with E-state index in [1.54, 1.807) is 0 Å². The number of ether oxygens (including phenoxy) is 1. The van der Waals surface area contributed by atoms with Crippen LogP contribution in [0.5, 0.6) is 5.75 Å². The summed E-state index contributed by atoms with van der Waals surface area (Å²) in [7, 11) is 0. The van der Waals surface area contributed by atoms with Crippen LogP contribution in [0.3, 0.4) is 0 Å². The molecule has 0 atom stereocenters. The minimum absolute atomic E-state index is 0.658. The van der Waals surface area contributed by atoms with E-state index in [1.165, 1.54) is 5.56 Å².